The Morgan fingerprint density at radius 1 is 1.38 bits per heavy atom. The lowest BCUT2D eigenvalue weighted by Gasteiger charge is -2.30. The zero-order valence-electron chi connectivity index (χ0n) is 9.68. The third kappa shape index (κ3) is 2.43. The molecule has 0 aliphatic rings. The van der Waals surface area contributed by atoms with Gasteiger partial charge in [0.05, 0.1) is 0 Å². The SMILES string of the molecule is CN(C(C)(C)C)S(=O)(=O)c1ccc(C#N)s1. The van der Waals surface area contributed by atoms with Gasteiger partial charge < -0.3 is 0 Å². The molecule has 0 unspecified atom stereocenters. The van der Waals surface area contributed by atoms with Gasteiger partial charge in [0.2, 0.25) is 0 Å². The highest BCUT2D eigenvalue weighted by atomic mass is 32.2. The van der Waals surface area contributed by atoms with Gasteiger partial charge in [-0.3, -0.25) is 0 Å². The third-order valence-electron chi connectivity index (χ3n) is 2.25. The van der Waals surface area contributed by atoms with Crippen molar-refractivity contribution in [2.75, 3.05) is 7.05 Å². The highest BCUT2D eigenvalue weighted by Crippen LogP contribution is 2.27. The van der Waals surface area contributed by atoms with E-state index in [1.807, 2.05) is 26.8 Å². The second-order valence-electron chi connectivity index (χ2n) is 4.37. The molecule has 0 spiro atoms. The maximum absolute atomic E-state index is 12.1. The zero-order valence-corrected chi connectivity index (χ0v) is 11.3. The first-order chi connectivity index (χ1) is 7.19. The van der Waals surface area contributed by atoms with Crippen molar-refractivity contribution in [3.05, 3.63) is 17.0 Å². The fourth-order valence-electron chi connectivity index (χ4n) is 1.01. The lowest BCUT2D eigenvalue weighted by molar-refractivity contribution is 0.292. The van der Waals surface area contributed by atoms with Gasteiger partial charge in [-0.15, -0.1) is 11.3 Å². The molecule has 0 fully saturated rings. The smallest absolute Gasteiger partial charge is 0.206 e. The van der Waals surface area contributed by atoms with E-state index in [0.717, 1.165) is 11.3 Å². The fraction of sp³-hybridized carbons (Fsp3) is 0.500. The van der Waals surface area contributed by atoms with Gasteiger partial charge in [0.25, 0.3) is 10.0 Å². The standard InChI is InChI=1S/C10H14N2O2S2/c1-10(2,3)12(4)16(13,14)9-6-5-8(7-11)15-9/h5-6H,1-4H3. The molecule has 0 radical (unpaired) electrons. The summed E-state index contributed by atoms with van der Waals surface area (Å²) < 4.78 is 25.8. The van der Waals surface area contributed by atoms with Crippen LogP contribution in [0.15, 0.2) is 16.3 Å². The zero-order chi connectivity index (χ0) is 12.6. The first-order valence-corrected chi connectivity index (χ1v) is 6.94. The summed E-state index contributed by atoms with van der Waals surface area (Å²) in [6, 6.07) is 4.93. The Kier molecular flexibility index (Phi) is 3.43. The molecule has 0 N–H and O–H groups in total. The van der Waals surface area contributed by atoms with Crippen LogP contribution in [0.25, 0.3) is 0 Å². The van der Waals surface area contributed by atoms with Crippen LogP contribution in [0, 0.1) is 11.3 Å². The van der Waals surface area contributed by atoms with Crippen molar-refractivity contribution in [1.82, 2.24) is 4.31 Å². The molecule has 1 rings (SSSR count). The van der Waals surface area contributed by atoms with Crippen LogP contribution in [0.2, 0.25) is 0 Å². The van der Waals surface area contributed by atoms with Crippen molar-refractivity contribution < 1.29 is 8.42 Å². The molecule has 1 heterocycles. The van der Waals surface area contributed by atoms with E-state index in [1.54, 1.807) is 7.05 Å². The van der Waals surface area contributed by atoms with Gasteiger partial charge in [0.1, 0.15) is 15.2 Å². The average molecular weight is 258 g/mol. The average Bonchev–Trinajstić information content (AvgIpc) is 2.63. The van der Waals surface area contributed by atoms with Crippen LogP contribution in [-0.4, -0.2) is 25.3 Å². The molecule has 0 saturated carbocycles. The monoisotopic (exact) mass is 258 g/mol. The van der Waals surface area contributed by atoms with Crippen molar-refractivity contribution in [3.8, 4) is 6.07 Å². The fourth-order valence-corrected chi connectivity index (χ4v) is 3.81. The lowest BCUT2D eigenvalue weighted by Crippen LogP contribution is -2.42. The summed E-state index contributed by atoms with van der Waals surface area (Å²) in [6.07, 6.45) is 0. The molecule has 0 saturated heterocycles. The van der Waals surface area contributed by atoms with Gasteiger partial charge in [-0.25, -0.2) is 8.42 Å². The second kappa shape index (κ2) is 4.17. The van der Waals surface area contributed by atoms with Crippen molar-refractivity contribution in [2.45, 2.75) is 30.5 Å². The maximum Gasteiger partial charge on any atom is 0.252 e. The molecule has 0 atom stereocenters. The van der Waals surface area contributed by atoms with Crippen LogP contribution in [0.5, 0.6) is 0 Å². The summed E-state index contributed by atoms with van der Waals surface area (Å²) >= 11 is 0.994. The van der Waals surface area contributed by atoms with Crippen molar-refractivity contribution in [3.63, 3.8) is 0 Å². The summed E-state index contributed by atoms with van der Waals surface area (Å²) in [6.45, 7) is 5.47. The Balaban J connectivity index is 3.18. The van der Waals surface area contributed by atoms with E-state index in [0.29, 0.717) is 4.88 Å². The van der Waals surface area contributed by atoms with Crippen molar-refractivity contribution in [1.29, 1.82) is 5.26 Å². The summed E-state index contributed by atoms with van der Waals surface area (Å²) in [5.41, 5.74) is -0.477. The molecule has 1 aromatic heterocycles. The van der Waals surface area contributed by atoms with E-state index >= 15 is 0 Å². The van der Waals surface area contributed by atoms with Gasteiger partial charge in [-0.2, -0.15) is 9.57 Å². The molecule has 6 heteroatoms. The number of nitrogens with zero attached hydrogens (tertiary/aromatic N) is 2. The molecule has 0 aliphatic heterocycles. The van der Waals surface area contributed by atoms with Gasteiger partial charge in [0, 0.05) is 12.6 Å². The van der Waals surface area contributed by atoms with Crippen LogP contribution in [0.4, 0.5) is 0 Å². The Morgan fingerprint density at radius 2 is 1.94 bits per heavy atom. The molecule has 0 amide bonds. The normalized spacial score (nSPS) is 12.8. The molecule has 4 nitrogen and oxygen atoms in total. The number of sulfonamides is 1. The van der Waals surface area contributed by atoms with E-state index in [4.69, 9.17) is 5.26 Å². The molecule has 0 aromatic carbocycles. The van der Waals surface area contributed by atoms with E-state index < -0.39 is 15.6 Å². The van der Waals surface area contributed by atoms with E-state index in [2.05, 4.69) is 0 Å². The topological polar surface area (TPSA) is 61.2 Å². The third-order valence-corrected chi connectivity index (χ3v) is 5.83. The van der Waals surface area contributed by atoms with Gasteiger partial charge in [-0.05, 0) is 32.9 Å². The van der Waals surface area contributed by atoms with Gasteiger partial charge in [-0.1, -0.05) is 0 Å². The second-order valence-corrected chi connectivity index (χ2v) is 7.65. The van der Waals surface area contributed by atoms with E-state index in [1.165, 1.54) is 16.4 Å². The summed E-state index contributed by atoms with van der Waals surface area (Å²) in [5, 5.41) is 8.67. The minimum absolute atomic E-state index is 0.210. The molecule has 0 bridgehead atoms. The van der Waals surface area contributed by atoms with Crippen molar-refractivity contribution >= 4 is 21.4 Å². The minimum atomic E-state index is -3.49. The number of thiophene rings is 1. The highest BCUT2D eigenvalue weighted by molar-refractivity contribution is 7.91. The first kappa shape index (κ1) is 13.2. The van der Waals surface area contributed by atoms with Crippen molar-refractivity contribution in [2.24, 2.45) is 0 Å². The molecule has 88 valence electrons. The van der Waals surface area contributed by atoms with Crippen LogP contribution in [0.3, 0.4) is 0 Å². The Hall–Kier alpha value is -0.900. The van der Waals surface area contributed by atoms with E-state index in [-0.39, 0.29) is 4.21 Å². The highest BCUT2D eigenvalue weighted by Gasteiger charge is 2.31. The predicted molar refractivity (Wildman–Crippen MR) is 63.7 cm³/mol. The maximum atomic E-state index is 12.1. The number of hydrogen-bond donors (Lipinski definition) is 0. The minimum Gasteiger partial charge on any atom is -0.206 e. The van der Waals surface area contributed by atoms with E-state index in [9.17, 15) is 8.42 Å². The number of hydrogen-bond acceptors (Lipinski definition) is 4. The Morgan fingerprint density at radius 3 is 2.31 bits per heavy atom. The lowest BCUT2D eigenvalue weighted by atomic mass is 10.1. The van der Waals surface area contributed by atoms with Gasteiger partial charge in [0.15, 0.2) is 0 Å². The number of nitriles is 1. The van der Waals surface area contributed by atoms with Gasteiger partial charge >= 0.3 is 0 Å². The molecular formula is C10H14N2O2S2. The van der Waals surface area contributed by atoms with Crippen LogP contribution in [0.1, 0.15) is 25.6 Å². The number of rotatable bonds is 2. The Labute approximate surface area is 100 Å². The van der Waals surface area contributed by atoms with Crippen LogP contribution >= 0.6 is 11.3 Å². The molecule has 1 aromatic rings. The molecule has 0 aliphatic carbocycles. The van der Waals surface area contributed by atoms with Crippen LogP contribution < -0.4 is 0 Å². The quantitative estimate of drug-likeness (QED) is 0.815. The largest absolute Gasteiger partial charge is 0.252 e. The van der Waals surface area contributed by atoms with Crippen LogP contribution in [-0.2, 0) is 10.0 Å². The molecular weight excluding hydrogens is 244 g/mol. The predicted octanol–water partition coefficient (Wildman–Crippen LogP) is 2.04. The summed E-state index contributed by atoms with van der Waals surface area (Å²) in [7, 11) is -1.94. The summed E-state index contributed by atoms with van der Waals surface area (Å²) in [4.78, 5) is 0.404. The molecule has 16 heavy (non-hydrogen) atoms. The first-order valence-electron chi connectivity index (χ1n) is 4.68. The summed E-state index contributed by atoms with van der Waals surface area (Å²) in [5.74, 6) is 0. The Bertz CT molecular complexity index is 518.